The zero-order valence-corrected chi connectivity index (χ0v) is 15.8. The fourth-order valence-corrected chi connectivity index (χ4v) is 3.75. The average molecular weight is 377 g/mol. The van der Waals surface area contributed by atoms with Gasteiger partial charge >= 0.3 is 5.97 Å². The molecule has 0 radical (unpaired) electrons. The lowest BCUT2D eigenvalue weighted by Gasteiger charge is -2.39. The molecule has 1 aliphatic rings. The van der Waals surface area contributed by atoms with Crippen LogP contribution in [-0.2, 0) is 21.6 Å². The Balaban J connectivity index is 1.43. The molecule has 0 amide bonds. The van der Waals surface area contributed by atoms with Crippen LogP contribution in [0, 0.1) is 0 Å². The monoisotopic (exact) mass is 376 g/mol. The van der Waals surface area contributed by atoms with Crippen LogP contribution in [0.1, 0.15) is 30.4 Å². The van der Waals surface area contributed by atoms with Crippen LogP contribution in [0.25, 0.3) is 11.1 Å². The second-order valence-electron chi connectivity index (χ2n) is 7.08. The van der Waals surface area contributed by atoms with Crippen molar-refractivity contribution < 1.29 is 9.53 Å². The zero-order chi connectivity index (χ0) is 18.7. The fraction of sp³-hybridized carbons (Fsp3) is 0.208. The lowest BCUT2D eigenvalue weighted by molar-refractivity contribution is -0.155. The van der Waals surface area contributed by atoms with E-state index in [1.165, 1.54) is 5.56 Å². The summed E-state index contributed by atoms with van der Waals surface area (Å²) in [4.78, 5) is 12.8. The number of esters is 1. The normalized spacial score (nSPS) is 15.0. The summed E-state index contributed by atoms with van der Waals surface area (Å²) in [5, 5.41) is 0.681. The maximum atomic E-state index is 12.8. The predicted molar refractivity (Wildman–Crippen MR) is 109 cm³/mol. The summed E-state index contributed by atoms with van der Waals surface area (Å²) < 4.78 is 5.69. The molecule has 4 rings (SSSR count). The van der Waals surface area contributed by atoms with Crippen LogP contribution in [-0.4, -0.2) is 5.97 Å². The maximum absolute atomic E-state index is 12.8. The molecule has 0 N–H and O–H groups in total. The van der Waals surface area contributed by atoms with E-state index in [1.54, 1.807) is 0 Å². The van der Waals surface area contributed by atoms with Crippen molar-refractivity contribution in [1.29, 1.82) is 0 Å². The quantitative estimate of drug-likeness (QED) is 0.497. The van der Waals surface area contributed by atoms with Gasteiger partial charge in [0.1, 0.15) is 6.61 Å². The number of ether oxygens (including phenoxy) is 1. The predicted octanol–water partition coefficient (Wildman–Crippen LogP) is 6.17. The van der Waals surface area contributed by atoms with E-state index in [-0.39, 0.29) is 5.97 Å². The molecular formula is C24H21ClO2. The van der Waals surface area contributed by atoms with Crippen molar-refractivity contribution in [2.75, 3.05) is 0 Å². The first-order valence-corrected chi connectivity index (χ1v) is 9.63. The molecule has 2 nitrogen and oxygen atoms in total. The first kappa shape index (κ1) is 17.8. The lowest BCUT2D eigenvalue weighted by atomic mass is 9.64. The van der Waals surface area contributed by atoms with E-state index >= 15 is 0 Å². The van der Waals surface area contributed by atoms with Crippen LogP contribution in [0.15, 0.2) is 78.9 Å². The highest BCUT2D eigenvalue weighted by molar-refractivity contribution is 6.30. The zero-order valence-electron chi connectivity index (χ0n) is 15.0. The molecule has 3 aromatic rings. The molecule has 0 unspecified atom stereocenters. The van der Waals surface area contributed by atoms with Crippen molar-refractivity contribution in [2.24, 2.45) is 0 Å². The third-order valence-electron chi connectivity index (χ3n) is 5.43. The largest absolute Gasteiger partial charge is 0.460 e. The Bertz CT molecular complexity index is 911. The second kappa shape index (κ2) is 7.58. The minimum atomic E-state index is -0.505. The third-order valence-corrected chi connectivity index (χ3v) is 5.68. The number of halogens is 1. The molecule has 1 aliphatic carbocycles. The van der Waals surface area contributed by atoms with Gasteiger partial charge in [0.25, 0.3) is 0 Å². The van der Waals surface area contributed by atoms with Gasteiger partial charge in [-0.1, -0.05) is 84.8 Å². The number of hydrogen-bond acceptors (Lipinski definition) is 2. The van der Waals surface area contributed by atoms with Gasteiger partial charge in [-0.05, 0) is 47.2 Å². The first-order chi connectivity index (χ1) is 13.2. The first-order valence-electron chi connectivity index (χ1n) is 9.25. The van der Waals surface area contributed by atoms with Crippen molar-refractivity contribution in [1.82, 2.24) is 0 Å². The van der Waals surface area contributed by atoms with Gasteiger partial charge in [-0.3, -0.25) is 4.79 Å². The van der Waals surface area contributed by atoms with E-state index in [2.05, 4.69) is 24.3 Å². The molecule has 27 heavy (non-hydrogen) atoms. The molecule has 0 heterocycles. The van der Waals surface area contributed by atoms with Crippen molar-refractivity contribution in [2.45, 2.75) is 31.3 Å². The average Bonchev–Trinajstić information content (AvgIpc) is 2.68. The van der Waals surface area contributed by atoms with Gasteiger partial charge in [0.05, 0.1) is 5.41 Å². The summed E-state index contributed by atoms with van der Waals surface area (Å²) in [6.45, 7) is 0.295. The van der Waals surface area contributed by atoms with Crippen LogP contribution in [0.4, 0.5) is 0 Å². The second-order valence-corrected chi connectivity index (χ2v) is 7.52. The van der Waals surface area contributed by atoms with Gasteiger partial charge in [-0.25, -0.2) is 0 Å². The van der Waals surface area contributed by atoms with Crippen molar-refractivity contribution in [3.05, 3.63) is 95.0 Å². The van der Waals surface area contributed by atoms with Crippen molar-refractivity contribution in [3.63, 3.8) is 0 Å². The summed E-state index contributed by atoms with van der Waals surface area (Å²) in [5.41, 5.74) is 3.82. The topological polar surface area (TPSA) is 26.3 Å². The lowest BCUT2D eigenvalue weighted by Crippen LogP contribution is -2.43. The Morgan fingerprint density at radius 3 is 2.07 bits per heavy atom. The molecule has 0 bridgehead atoms. The van der Waals surface area contributed by atoms with E-state index in [1.807, 2.05) is 54.6 Å². The van der Waals surface area contributed by atoms with E-state index in [4.69, 9.17) is 16.3 Å². The highest BCUT2D eigenvalue weighted by atomic mass is 35.5. The molecule has 0 atom stereocenters. The van der Waals surface area contributed by atoms with Gasteiger partial charge in [-0.2, -0.15) is 0 Å². The Hall–Kier alpha value is -2.58. The van der Waals surface area contributed by atoms with Crippen LogP contribution < -0.4 is 0 Å². The number of rotatable bonds is 5. The Kier molecular flexibility index (Phi) is 5.00. The molecule has 3 heteroatoms. The molecule has 0 spiro atoms. The minimum absolute atomic E-state index is 0.136. The molecule has 1 fully saturated rings. The van der Waals surface area contributed by atoms with Crippen LogP contribution >= 0.6 is 11.6 Å². The molecule has 0 aromatic heterocycles. The molecule has 1 saturated carbocycles. The van der Waals surface area contributed by atoms with Gasteiger partial charge in [-0.15, -0.1) is 0 Å². The van der Waals surface area contributed by atoms with E-state index in [0.29, 0.717) is 11.6 Å². The van der Waals surface area contributed by atoms with Gasteiger partial charge in [0.15, 0.2) is 0 Å². The van der Waals surface area contributed by atoms with Crippen molar-refractivity contribution in [3.8, 4) is 11.1 Å². The molecule has 0 saturated heterocycles. The van der Waals surface area contributed by atoms with E-state index in [0.717, 1.165) is 36.0 Å². The van der Waals surface area contributed by atoms with Crippen molar-refractivity contribution >= 4 is 17.6 Å². The highest BCUT2D eigenvalue weighted by Crippen LogP contribution is 2.45. The van der Waals surface area contributed by atoms with E-state index < -0.39 is 5.41 Å². The SMILES string of the molecule is O=C(OCc1ccc(-c2ccccc2)cc1)C1(c2ccc(Cl)cc2)CCC1. The summed E-state index contributed by atoms with van der Waals surface area (Å²) >= 11 is 5.98. The fourth-order valence-electron chi connectivity index (χ4n) is 3.62. The number of benzene rings is 3. The van der Waals surface area contributed by atoms with E-state index in [9.17, 15) is 4.79 Å². The highest BCUT2D eigenvalue weighted by Gasteiger charge is 2.47. The Morgan fingerprint density at radius 2 is 1.48 bits per heavy atom. The third kappa shape index (κ3) is 3.63. The standard InChI is InChI=1S/C24H21ClO2/c25-22-13-11-21(12-14-22)24(15-4-16-24)23(26)27-17-18-7-9-20(10-8-18)19-5-2-1-3-6-19/h1-3,5-14H,4,15-17H2. The number of carbonyl (C=O) groups excluding carboxylic acids is 1. The van der Waals surface area contributed by atoms with Gasteiger partial charge < -0.3 is 4.74 Å². The summed E-state index contributed by atoms with van der Waals surface area (Å²) in [6, 6.07) is 26.0. The van der Waals surface area contributed by atoms with Gasteiger partial charge in [0.2, 0.25) is 0 Å². The van der Waals surface area contributed by atoms with Gasteiger partial charge in [0, 0.05) is 5.02 Å². The minimum Gasteiger partial charge on any atom is -0.460 e. The summed E-state index contributed by atoms with van der Waals surface area (Å²) in [6.07, 6.45) is 2.71. The molecular weight excluding hydrogens is 356 g/mol. The number of hydrogen-bond donors (Lipinski definition) is 0. The molecule has 136 valence electrons. The van der Waals surface area contributed by atoms with Crippen LogP contribution in [0.5, 0.6) is 0 Å². The molecule has 0 aliphatic heterocycles. The molecule has 3 aromatic carbocycles. The number of carbonyl (C=O) groups is 1. The maximum Gasteiger partial charge on any atom is 0.316 e. The summed E-state index contributed by atoms with van der Waals surface area (Å²) in [5.74, 6) is -0.136. The Morgan fingerprint density at radius 1 is 0.852 bits per heavy atom. The Labute approximate surface area is 164 Å². The van der Waals surface area contributed by atoms with Crippen LogP contribution in [0.2, 0.25) is 5.02 Å². The van der Waals surface area contributed by atoms with Crippen LogP contribution in [0.3, 0.4) is 0 Å². The smallest absolute Gasteiger partial charge is 0.316 e. The summed E-state index contributed by atoms with van der Waals surface area (Å²) in [7, 11) is 0.